The van der Waals surface area contributed by atoms with Crippen LogP contribution in [0.2, 0.25) is 0 Å². The molecule has 2 aromatic heterocycles. The van der Waals surface area contributed by atoms with Gasteiger partial charge in [0.05, 0.1) is 27.2 Å². The van der Waals surface area contributed by atoms with E-state index in [0.29, 0.717) is 0 Å². The van der Waals surface area contributed by atoms with Crippen molar-refractivity contribution in [1.82, 2.24) is 9.13 Å². The quantitative estimate of drug-likeness (QED) is 0.381. The van der Waals surface area contributed by atoms with Gasteiger partial charge in [-0.2, -0.15) is 0 Å². The Hall–Kier alpha value is -1.58. The second-order valence-electron chi connectivity index (χ2n) is 8.53. The highest BCUT2D eigenvalue weighted by Crippen LogP contribution is 2.23. The SMILES string of the molecule is CCCCCCCCn1c(C)c(C)[n+](C)c1-c1n(CCCC)c(C)c(C)[n+]1C. The summed E-state index contributed by atoms with van der Waals surface area (Å²) in [7, 11) is 4.46. The summed E-state index contributed by atoms with van der Waals surface area (Å²) in [6.45, 7) is 15.9. The van der Waals surface area contributed by atoms with Gasteiger partial charge in [-0.15, -0.1) is 0 Å². The molecule has 0 amide bonds. The summed E-state index contributed by atoms with van der Waals surface area (Å²) in [6.07, 6.45) is 10.5. The molecule has 0 radical (unpaired) electrons. The lowest BCUT2D eigenvalue weighted by Gasteiger charge is -2.06. The van der Waals surface area contributed by atoms with Crippen LogP contribution >= 0.6 is 0 Å². The van der Waals surface area contributed by atoms with E-state index in [1.165, 1.54) is 85.8 Å². The molecule has 28 heavy (non-hydrogen) atoms. The topological polar surface area (TPSA) is 17.6 Å². The van der Waals surface area contributed by atoms with Crippen molar-refractivity contribution in [3.8, 4) is 11.6 Å². The normalized spacial score (nSPS) is 11.6. The molecule has 0 aliphatic rings. The first kappa shape index (κ1) is 22.7. The van der Waals surface area contributed by atoms with Crippen LogP contribution in [-0.4, -0.2) is 9.13 Å². The van der Waals surface area contributed by atoms with E-state index in [-0.39, 0.29) is 0 Å². The zero-order valence-electron chi connectivity index (χ0n) is 19.9. The largest absolute Gasteiger partial charge is 0.373 e. The van der Waals surface area contributed by atoms with Crippen LogP contribution in [0.3, 0.4) is 0 Å². The minimum Gasteiger partial charge on any atom is -0.223 e. The number of hydrogen-bond donors (Lipinski definition) is 0. The van der Waals surface area contributed by atoms with Crippen molar-refractivity contribution < 1.29 is 9.13 Å². The van der Waals surface area contributed by atoms with Crippen LogP contribution in [0.4, 0.5) is 0 Å². The van der Waals surface area contributed by atoms with Gasteiger partial charge in [0.15, 0.2) is 0 Å². The molecule has 0 N–H and O–H groups in total. The van der Waals surface area contributed by atoms with Gasteiger partial charge in [0.25, 0.3) is 0 Å². The first-order valence-electron chi connectivity index (χ1n) is 11.5. The zero-order chi connectivity index (χ0) is 20.8. The molecule has 0 atom stereocenters. The highest BCUT2D eigenvalue weighted by Gasteiger charge is 2.36. The highest BCUT2D eigenvalue weighted by molar-refractivity contribution is 5.41. The van der Waals surface area contributed by atoms with Gasteiger partial charge in [0.1, 0.15) is 22.8 Å². The average molecular weight is 389 g/mol. The predicted octanol–water partition coefficient (Wildman–Crippen LogP) is 5.00. The minimum absolute atomic E-state index is 1.10. The molecular formula is C24H44N4+2. The van der Waals surface area contributed by atoms with E-state index in [0.717, 1.165) is 13.1 Å². The fourth-order valence-electron chi connectivity index (χ4n) is 4.33. The molecule has 0 saturated carbocycles. The third-order valence-corrected chi connectivity index (χ3v) is 6.68. The molecule has 4 heteroatoms. The third kappa shape index (κ3) is 4.52. The molecule has 0 saturated heterocycles. The monoisotopic (exact) mass is 388 g/mol. The van der Waals surface area contributed by atoms with E-state index in [1.54, 1.807) is 0 Å². The van der Waals surface area contributed by atoms with Gasteiger partial charge >= 0.3 is 11.6 Å². The molecule has 0 unspecified atom stereocenters. The van der Waals surface area contributed by atoms with Crippen LogP contribution in [0, 0.1) is 27.7 Å². The Labute approximate surface area is 173 Å². The number of nitrogens with zero attached hydrogens (tertiary/aromatic N) is 4. The number of aromatic nitrogens is 4. The second kappa shape index (κ2) is 10.3. The number of rotatable bonds is 11. The van der Waals surface area contributed by atoms with Gasteiger partial charge in [-0.1, -0.05) is 46.0 Å². The van der Waals surface area contributed by atoms with Crippen LogP contribution in [0.1, 0.15) is 88.0 Å². The summed E-state index contributed by atoms with van der Waals surface area (Å²) < 4.78 is 9.93. The summed E-state index contributed by atoms with van der Waals surface area (Å²) in [5.41, 5.74) is 5.55. The molecule has 2 heterocycles. The van der Waals surface area contributed by atoms with Gasteiger partial charge in [-0.25, -0.2) is 18.3 Å². The smallest absolute Gasteiger partial charge is 0.223 e. The van der Waals surface area contributed by atoms with Crippen molar-refractivity contribution in [1.29, 1.82) is 0 Å². The van der Waals surface area contributed by atoms with Gasteiger partial charge in [-0.3, -0.25) is 0 Å². The van der Waals surface area contributed by atoms with Crippen LogP contribution in [0.15, 0.2) is 0 Å². The van der Waals surface area contributed by atoms with E-state index in [1.807, 2.05) is 0 Å². The van der Waals surface area contributed by atoms with Crippen molar-refractivity contribution in [2.45, 2.75) is 106 Å². The fourth-order valence-corrected chi connectivity index (χ4v) is 4.33. The Morgan fingerprint density at radius 2 is 0.964 bits per heavy atom. The van der Waals surface area contributed by atoms with Crippen LogP contribution < -0.4 is 9.13 Å². The molecule has 4 nitrogen and oxygen atoms in total. The average Bonchev–Trinajstić information content (AvgIpc) is 3.02. The first-order chi connectivity index (χ1) is 13.4. The highest BCUT2D eigenvalue weighted by atomic mass is 15.3. The summed E-state index contributed by atoms with van der Waals surface area (Å²) >= 11 is 0. The number of hydrogen-bond acceptors (Lipinski definition) is 0. The predicted molar refractivity (Wildman–Crippen MR) is 117 cm³/mol. The van der Waals surface area contributed by atoms with Gasteiger partial charge in [-0.05, 0) is 19.3 Å². The molecule has 0 fully saturated rings. The maximum atomic E-state index is 2.58. The lowest BCUT2D eigenvalue weighted by Crippen LogP contribution is -2.41. The summed E-state index contributed by atoms with van der Waals surface area (Å²) in [5.74, 6) is 2.71. The van der Waals surface area contributed by atoms with Crippen LogP contribution in [0.5, 0.6) is 0 Å². The Balaban J connectivity index is 2.40. The standard InChI is InChI=1S/C24H44N4/c1-9-11-13-14-15-16-18-28-22(6)20(4)26(8)24(28)23-25(7)19(3)21(5)27(23)17-12-10-2/h9-18H2,1-8H3/q+2. The molecule has 0 aromatic carbocycles. The summed E-state index contributed by atoms with van der Waals surface area (Å²) in [5, 5.41) is 0. The summed E-state index contributed by atoms with van der Waals surface area (Å²) in [4.78, 5) is 0. The second-order valence-corrected chi connectivity index (χ2v) is 8.53. The van der Waals surface area contributed by atoms with Crippen LogP contribution in [-0.2, 0) is 27.2 Å². The molecule has 0 spiro atoms. The van der Waals surface area contributed by atoms with Crippen molar-refractivity contribution in [3.63, 3.8) is 0 Å². The summed E-state index contributed by atoms with van der Waals surface area (Å²) in [6, 6.07) is 0. The van der Waals surface area contributed by atoms with Gasteiger partial charge in [0.2, 0.25) is 0 Å². The molecule has 0 aliphatic carbocycles. The Kier molecular flexibility index (Phi) is 8.33. The Bertz CT molecular complexity index is 780. The molecule has 2 rings (SSSR count). The fraction of sp³-hybridized carbons (Fsp3) is 0.750. The first-order valence-corrected chi connectivity index (χ1v) is 11.5. The minimum atomic E-state index is 1.10. The van der Waals surface area contributed by atoms with Crippen molar-refractivity contribution >= 4 is 0 Å². The molecule has 158 valence electrons. The third-order valence-electron chi connectivity index (χ3n) is 6.68. The van der Waals surface area contributed by atoms with Gasteiger partial charge in [0, 0.05) is 27.7 Å². The van der Waals surface area contributed by atoms with E-state index in [9.17, 15) is 0 Å². The molecule has 0 aliphatic heterocycles. The molecule has 0 bridgehead atoms. The number of imidazole rings is 2. The Morgan fingerprint density at radius 3 is 1.43 bits per heavy atom. The molecule has 2 aromatic rings. The van der Waals surface area contributed by atoms with E-state index >= 15 is 0 Å². The lowest BCUT2D eigenvalue weighted by atomic mass is 10.1. The van der Waals surface area contributed by atoms with Crippen molar-refractivity contribution in [3.05, 3.63) is 22.8 Å². The molecular weight excluding hydrogens is 344 g/mol. The van der Waals surface area contributed by atoms with Crippen molar-refractivity contribution in [2.24, 2.45) is 14.1 Å². The van der Waals surface area contributed by atoms with E-state index < -0.39 is 0 Å². The van der Waals surface area contributed by atoms with E-state index in [4.69, 9.17) is 0 Å². The maximum Gasteiger partial charge on any atom is 0.373 e. The van der Waals surface area contributed by atoms with Crippen molar-refractivity contribution in [2.75, 3.05) is 0 Å². The zero-order valence-corrected chi connectivity index (χ0v) is 19.9. The van der Waals surface area contributed by atoms with E-state index in [2.05, 4.69) is 73.9 Å². The Morgan fingerprint density at radius 1 is 0.571 bits per heavy atom. The number of unbranched alkanes of at least 4 members (excludes halogenated alkanes) is 6. The lowest BCUT2D eigenvalue weighted by molar-refractivity contribution is -0.696. The van der Waals surface area contributed by atoms with Gasteiger partial charge < -0.3 is 0 Å². The van der Waals surface area contributed by atoms with Crippen LogP contribution in [0.25, 0.3) is 11.6 Å². The maximum absolute atomic E-state index is 2.58.